The van der Waals surface area contributed by atoms with Gasteiger partial charge < -0.3 is 19.4 Å². The van der Waals surface area contributed by atoms with Crippen LogP contribution in [0.4, 0.5) is 5.82 Å². The standard InChI is InChI=1S/C13H21N3O3/c1-4-6-16-7-5-14-11(12(16)17)15-8-10-9-18-13(2,3)19-10/h5,7,10H,4,6,8-9H2,1-3H3,(H,14,15). The molecule has 2 heterocycles. The largest absolute Gasteiger partial charge is 0.363 e. The topological polar surface area (TPSA) is 65.4 Å². The lowest BCUT2D eigenvalue weighted by atomic mass is 10.3. The van der Waals surface area contributed by atoms with Crippen LogP contribution < -0.4 is 10.9 Å². The van der Waals surface area contributed by atoms with Gasteiger partial charge in [-0.3, -0.25) is 4.79 Å². The average molecular weight is 267 g/mol. The van der Waals surface area contributed by atoms with Crippen LogP contribution >= 0.6 is 0 Å². The van der Waals surface area contributed by atoms with Crippen molar-refractivity contribution < 1.29 is 9.47 Å². The second kappa shape index (κ2) is 5.71. The molecule has 1 aromatic heterocycles. The number of hydrogen-bond acceptors (Lipinski definition) is 5. The Bertz CT molecular complexity index is 484. The highest BCUT2D eigenvalue weighted by molar-refractivity contribution is 5.30. The third kappa shape index (κ3) is 3.54. The minimum atomic E-state index is -0.543. The molecule has 0 aromatic carbocycles. The summed E-state index contributed by atoms with van der Waals surface area (Å²) in [6, 6.07) is 0. The Hall–Kier alpha value is -1.40. The number of aromatic nitrogens is 2. The Morgan fingerprint density at radius 1 is 1.58 bits per heavy atom. The van der Waals surface area contributed by atoms with E-state index in [1.165, 1.54) is 0 Å². The molecule has 1 saturated heterocycles. The van der Waals surface area contributed by atoms with Crippen molar-refractivity contribution in [2.24, 2.45) is 0 Å². The van der Waals surface area contributed by atoms with Crippen LogP contribution in [0.15, 0.2) is 17.2 Å². The summed E-state index contributed by atoms with van der Waals surface area (Å²) in [7, 11) is 0. The predicted molar refractivity (Wildman–Crippen MR) is 72.2 cm³/mol. The van der Waals surface area contributed by atoms with E-state index in [4.69, 9.17) is 9.47 Å². The molecule has 6 nitrogen and oxygen atoms in total. The van der Waals surface area contributed by atoms with Crippen LogP contribution in [-0.2, 0) is 16.0 Å². The smallest absolute Gasteiger partial charge is 0.293 e. The van der Waals surface area contributed by atoms with Gasteiger partial charge in [0.25, 0.3) is 5.56 Å². The van der Waals surface area contributed by atoms with E-state index >= 15 is 0 Å². The van der Waals surface area contributed by atoms with Gasteiger partial charge in [-0.1, -0.05) is 6.92 Å². The van der Waals surface area contributed by atoms with E-state index in [0.717, 1.165) is 6.42 Å². The van der Waals surface area contributed by atoms with E-state index in [1.807, 2.05) is 20.8 Å². The summed E-state index contributed by atoms with van der Waals surface area (Å²) in [5, 5.41) is 3.04. The first-order valence-electron chi connectivity index (χ1n) is 6.63. The lowest BCUT2D eigenvalue weighted by Crippen LogP contribution is -2.30. The van der Waals surface area contributed by atoms with Gasteiger partial charge in [0.05, 0.1) is 6.61 Å². The maximum atomic E-state index is 12.1. The highest BCUT2D eigenvalue weighted by atomic mass is 16.7. The van der Waals surface area contributed by atoms with Gasteiger partial charge in [0.2, 0.25) is 0 Å². The van der Waals surface area contributed by atoms with Crippen molar-refractivity contribution in [2.45, 2.75) is 45.6 Å². The van der Waals surface area contributed by atoms with Crippen LogP contribution in [0.1, 0.15) is 27.2 Å². The zero-order valence-corrected chi connectivity index (χ0v) is 11.7. The maximum absolute atomic E-state index is 12.1. The summed E-state index contributed by atoms with van der Waals surface area (Å²) in [4.78, 5) is 16.1. The number of rotatable bonds is 5. The van der Waals surface area contributed by atoms with Gasteiger partial charge in [0.15, 0.2) is 11.6 Å². The fraction of sp³-hybridized carbons (Fsp3) is 0.692. The van der Waals surface area contributed by atoms with Crippen molar-refractivity contribution in [3.63, 3.8) is 0 Å². The van der Waals surface area contributed by atoms with Crippen LogP contribution in [-0.4, -0.2) is 34.6 Å². The molecule has 0 aliphatic carbocycles. The Morgan fingerprint density at radius 3 is 3.00 bits per heavy atom. The van der Waals surface area contributed by atoms with E-state index in [1.54, 1.807) is 17.0 Å². The third-order valence-corrected chi connectivity index (χ3v) is 2.94. The SMILES string of the molecule is CCCn1ccnc(NCC2COC(C)(C)O2)c1=O. The van der Waals surface area contributed by atoms with Gasteiger partial charge in [-0.15, -0.1) is 0 Å². The molecule has 1 unspecified atom stereocenters. The predicted octanol–water partition coefficient (Wildman–Crippen LogP) is 1.22. The average Bonchev–Trinajstić information content (AvgIpc) is 2.70. The van der Waals surface area contributed by atoms with Gasteiger partial charge >= 0.3 is 0 Å². The molecule has 0 saturated carbocycles. The Kier molecular flexibility index (Phi) is 4.21. The number of hydrogen-bond donors (Lipinski definition) is 1. The summed E-state index contributed by atoms with van der Waals surface area (Å²) in [6.45, 7) is 7.53. The molecule has 2 rings (SSSR count). The second-order valence-electron chi connectivity index (χ2n) is 5.11. The van der Waals surface area contributed by atoms with Gasteiger partial charge in [-0.05, 0) is 20.3 Å². The van der Waals surface area contributed by atoms with Crippen LogP contribution in [0.5, 0.6) is 0 Å². The molecule has 19 heavy (non-hydrogen) atoms. The lowest BCUT2D eigenvalue weighted by molar-refractivity contribution is -0.136. The normalized spacial score (nSPS) is 21.5. The number of ether oxygens (including phenoxy) is 2. The molecule has 106 valence electrons. The van der Waals surface area contributed by atoms with E-state index in [9.17, 15) is 4.79 Å². The molecule has 0 spiro atoms. The lowest BCUT2D eigenvalue weighted by Gasteiger charge is -2.17. The van der Waals surface area contributed by atoms with Crippen molar-refractivity contribution in [2.75, 3.05) is 18.5 Å². The second-order valence-corrected chi connectivity index (χ2v) is 5.11. The minimum absolute atomic E-state index is 0.0592. The maximum Gasteiger partial charge on any atom is 0.293 e. The number of aryl methyl sites for hydroxylation is 1. The molecule has 0 radical (unpaired) electrons. The molecule has 1 fully saturated rings. The summed E-state index contributed by atoms with van der Waals surface area (Å²) in [5.41, 5.74) is -0.0949. The molecular formula is C13H21N3O3. The summed E-state index contributed by atoms with van der Waals surface area (Å²) in [6.07, 6.45) is 4.19. The Balaban J connectivity index is 1.97. The van der Waals surface area contributed by atoms with E-state index in [-0.39, 0.29) is 11.7 Å². The Labute approximate surface area is 112 Å². The highest BCUT2D eigenvalue weighted by Crippen LogP contribution is 2.22. The highest BCUT2D eigenvalue weighted by Gasteiger charge is 2.32. The van der Waals surface area contributed by atoms with Crippen LogP contribution in [0.2, 0.25) is 0 Å². The molecule has 1 aliphatic heterocycles. The van der Waals surface area contributed by atoms with E-state index in [2.05, 4.69) is 10.3 Å². The zero-order valence-electron chi connectivity index (χ0n) is 11.7. The molecule has 1 N–H and O–H groups in total. The molecule has 1 atom stereocenters. The van der Waals surface area contributed by atoms with Crippen molar-refractivity contribution in [1.29, 1.82) is 0 Å². The summed E-state index contributed by atoms with van der Waals surface area (Å²) >= 11 is 0. The summed E-state index contributed by atoms with van der Waals surface area (Å²) in [5.74, 6) is -0.178. The van der Waals surface area contributed by atoms with Crippen LogP contribution in [0.25, 0.3) is 0 Å². The molecule has 1 aromatic rings. The van der Waals surface area contributed by atoms with Crippen LogP contribution in [0.3, 0.4) is 0 Å². The monoisotopic (exact) mass is 267 g/mol. The van der Waals surface area contributed by atoms with Gasteiger partial charge in [0, 0.05) is 25.5 Å². The first-order chi connectivity index (χ1) is 9.02. The minimum Gasteiger partial charge on any atom is -0.363 e. The van der Waals surface area contributed by atoms with Crippen molar-refractivity contribution in [3.05, 3.63) is 22.7 Å². The van der Waals surface area contributed by atoms with Crippen molar-refractivity contribution in [3.8, 4) is 0 Å². The fourth-order valence-corrected chi connectivity index (χ4v) is 2.06. The first-order valence-corrected chi connectivity index (χ1v) is 6.63. The fourth-order valence-electron chi connectivity index (χ4n) is 2.06. The summed E-state index contributed by atoms with van der Waals surface area (Å²) < 4.78 is 12.8. The van der Waals surface area contributed by atoms with Gasteiger partial charge in [-0.2, -0.15) is 0 Å². The van der Waals surface area contributed by atoms with E-state index in [0.29, 0.717) is 25.5 Å². The molecule has 6 heteroatoms. The number of anilines is 1. The van der Waals surface area contributed by atoms with Gasteiger partial charge in [0.1, 0.15) is 6.10 Å². The quantitative estimate of drug-likeness (QED) is 0.869. The van der Waals surface area contributed by atoms with Gasteiger partial charge in [-0.25, -0.2) is 4.98 Å². The van der Waals surface area contributed by atoms with Crippen molar-refractivity contribution in [1.82, 2.24) is 9.55 Å². The first kappa shape index (κ1) is 14.0. The number of nitrogens with one attached hydrogen (secondary N) is 1. The molecule has 0 bridgehead atoms. The zero-order chi connectivity index (χ0) is 13.9. The van der Waals surface area contributed by atoms with E-state index < -0.39 is 5.79 Å². The van der Waals surface area contributed by atoms with Crippen LogP contribution in [0, 0.1) is 0 Å². The Morgan fingerprint density at radius 2 is 2.37 bits per heavy atom. The molecule has 1 aliphatic rings. The third-order valence-electron chi connectivity index (χ3n) is 2.94. The molecule has 0 amide bonds. The number of nitrogens with zero attached hydrogens (tertiary/aromatic N) is 2. The van der Waals surface area contributed by atoms with Crippen molar-refractivity contribution >= 4 is 5.82 Å². The molecular weight excluding hydrogens is 246 g/mol.